The molecule has 1 heterocycles. The Hall–Kier alpha value is -2.87. The molecule has 0 aliphatic carbocycles. The van der Waals surface area contributed by atoms with Crippen LogP contribution in [-0.2, 0) is 11.2 Å². The van der Waals surface area contributed by atoms with Crippen molar-refractivity contribution in [1.29, 1.82) is 5.26 Å². The molecule has 19 heavy (non-hydrogen) atoms. The molecule has 1 N–H and O–H groups in total. The predicted molar refractivity (Wildman–Crippen MR) is 66.8 cm³/mol. The molecule has 0 bridgehead atoms. The van der Waals surface area contributed by atoms with E-state index in [2.05, 4.69) is 4.98 Å². The summed E-state index contributed by atoms with van der Waals surface area (Å²) in [5.41, 5.74) is 1.01. The summed E-state index contributed by atoms with van der Waals surface area (Å²) in [5.74, 6) is -0.164. The quantitative estimate of drug-likeness (QED) is 0.905. The number of para-hydroxylation sites is 1. The molecule has 1 aromatic heterocycles. The number of benzene rings is 1. The summed E-state index contributed by atoms with van der Waals surface area (Å²) in [4.78, 5) is 14.7. The summed E-state index contributed by atoms with van der Waals surface area (Å²) in [5, 5.41) is 17.5. The van der Waals surface area contributed by atoms with Crippen molar-refractivity contribution in [3.8, 4) is 17.7 Å². The Labute approximate surface area is 109 Å². The van der Waals surface area contributed by atoms with Gasteiger partial charge in [-0.2, -0.15) is 5.26 Å². The molecule has 0 amide bonds. The normalized spacial score (nSPS) is 9.63. The molecule has 0 aliphatic heterocycles. The highest BCUT2D eigenvalue weighted by Crippen LogP contribution is 2.24. The van der Waals surface area contributed by atoms with Crippen molar-refractivity contribution in [3.63, 3.8) is 0 Å². The maximum Gasteiger partial charge on any atom is 0.307 e. The summed E-state index contributed by atoms with van der Waals surface area (Å²) in [6.45, 7) is 0. The summed E-state index contributed by atoms with van der Waals surface area (Å²) in [7, 11) is 0. The lowest BCUT2D eigenvalue weighted by Gasteiger charge is -2.08. The molecule has 2 rings (SSSR count). The number of hydrogen-bond donors (Lipinski definition) is 1. The van der Waals surface area contributed by atoms with Gasteiger partial charge in [0.05, 0.1) is 12.0 Å². The smallest absolute Gasteiger partial charge is 0.307 e. The van der Waals surface area contributed by atoms with Crippen LogP contribution in [0.2, 0.25) is 0 Å². The molecule has 0 saturated carbocycles. The molecule has 0 aliphatic rings. The van der Waals surface area contributed by atoms with E-state index in [0.29, 0.717) is 22.8 Å². The molecule has 0 unspecified atom stereocenters. The lowest BCUT2D eigenvalue weighted by molar-refractivity contribution is -0.136. The van der Waals surface area contributed by atoms with Crippen LogP contribution in [0.1, 0.15) is 11.1 Å². The third-order valence-electron chi connectivity index (χ3n) is 2.39. The second-order valence-corrected chi connectivity index (χ2v) is 3.78. The third kappa shape index (κ3) is 3.30. The Morgan fingerprint density at radius 3 is 2.74 bits per heavy atom. The van der Waals surface area contributed by atoms with Crippen molar-refractivity contribution in [2.75, 3.05) is 0 Å². The number of hydrogen-bond acceptors (Lipinski definition) is 4. The fraction of sp³-hybridized carbons (Fsp3) is 0.0714. The van der Waals surface area contributed by atoms with Crippen LogP contribution in [0.25, 0.3) is 0 Å². The maximum absolute atomic E-state index is 10.7. The van der Waals surface area contributed by atoms with Crippen molar-refractivity contribution < 1.29 is 14.6 Å². The number of nitriles is 1. The molecule has 0 radical (unpaired) electrons. The molecular formula is C14H10N2O3. The van der Waals surface area contributed by atoms with E-state index in [-0.39, 0.29) is 6.42 Å². The van der Waals surface area contributed by atoms with E-state index >= 15 is 0 Å². The highest BCUT2D eigenvalue weighted by Gasteiger charge is 2.08. The van der Waals surface area contributed by atoms with Gasteiger partial charge in [-0.3, -0.25) is 4.79 Å². The Balaban J connectivity index is 2.22. The van der Waals surface area contributed by atoms with E-state index in [9.17, 15) is 4.79 Å². The van der Waals surface area contributed by atoms with Gasteiger partial charge in [-0.25, -0.2) is 4.98 Å². The Morgan fingerprint density at radius 2 is 2.11 bits per heavy atom. The molecule has 0 saturated heterocycles. The second-order valence-electron chi connectivity index (χ2n) is 3.78. The van der Waals surface area contributed by atoms with Crippen LogP contribution in [0.15, 0.2) is 42.6 Å². The van der Waals surface area contributed by atoms with Crippen LogP contribution in [0.3, 0.4) is 0 Å². The van der Waals surface area contributed by atoms with Gasteiger partial charge in [0.25, 0.3) is 0 Å². The number of nitrogens with zero attached hydrogens (tertiary/aromatic N) is 2. The number of pyridine rings is 1. The van der Waals surface area contributed by atoms with Crippen LogP contribution < -0.4 is 4.74 Å². The molecule has 0 atom stereocenters. The van der Waals surface area contributed by atoms with Gasteiger partial charge in [0, 0.05) is 17.8 Å². The SMILES string of the molecule is N#Cc1ccc(Oc2ccccc2CC(=O)O)nc1. The Kier molecular flexibility index (Phi) is 3.74. The van der Waals surface area contributed by atoms with Gasteiger partial charge in [-0.05, 0) is 12.1 Å². The molecule has 5 nitrogen and oxygen atoms in total. The molecular weight excluding hydrogens is 244 g/mol. The van der Waals surface area contributed by atoms with E-state index in [4.69, 9.17) is 15.1 Å². The Bertz CT molecular complexity index is 630. The number of ether oxygens (including phenoxy) is 1. The van der Waals surface area contributed by atoms with E-state index in [1.807, 2.05) is 6.07 Å². The van der Waals surface area contributed by atoms with Gasteiger partial charge in [0.1, 0.15) is 11.8 Å². The molecule has 0 spiro atoms. The standard InChI is InChI=1S/C14H10N2O3/c15-8-10-5-6-13(16-9-10)19-12-4-2-1-3-11(12)7-14(17)18/h1-6,9H,7H2,(H,17,18). The number of aromatic nitrogens is 1. The first-order valence-electron chi connectivity index (χ1n) is 5.53. The molecule has 5 heteroatoms. The summed E-state index contributed by atoms with van der Waals surface area (Å²) in [6, 6.07) is 12.0. The Morgan fingerprint density at radius 1 is 1.32 bits per heavy atom. The largest absolute Gasteiger partial charge is 0.481 e. The minimum atomic E-state index is -0.927. The summed E-state index contributed by atoms with van der Waals surface area (Å²) >= 11 is 0. The molecule has 94 valence electrons. The van der Waals surface area contributed by atoms with Crippen LogP contribution >= 0.6 is 0 Å². The fourth-order valence-electron chi connectivity index (χ4n) is 1.53. The topological polar surface area (TPSA) is 83.2 Å². The van der Waals surface area contributed by atoms with Crippen LogP contribution in [-0.4, -0.2) is 16.1 Å². The lowest BCUT2D eigenvalue weighted by atomic mass is 10.1. The van der Waals surface area contributed by atoms with Crippen molar-refractivity contribution in [3.05, 3.63) is 53.7 Å². The van der Waals surface area contributed by atoms with E-state index < -0.39 is 5.97 Å². The number of carbonyl (C=O) groups is 1. The van der Waals surface area contributed by atoms with Gasteiger partial charge in [0.2, 0.25) is 5.88 Å². The lowest BCUT2D eigenvalue weighted by Crippen LogP contribution is -2.02. The number of carboxylic acids is 1. The van der Waals surface area contributed by atoms with Crippen molar-refractivity contribution in [2.24, 2.45) is 0 Å². The van der Waals surface area contributed by atoms with Gasteiger partial charge >= 0.3 is 5.97 Å². The first-order valence-corrected chi connectivity index (χ1v) is 5.53. The van der Waals surface area contributed by atoms with Crippen molar-refractivity contribution >= 4 is 5.97 Å². The van der Waals surface area contributed by atoms with Crippen molar-refractivity contribution in [2.45, 2.75) is 6.42 Å². The van der Waals surface area contributed by atoms with Crippen LogP contribution in [0.4, 0.5) is 0 Å². The van der Waals surface area contributed by atoms with E-state index in [0.717, 1.165) is 0 Å². The minimum absolute atomic E-state index is 0.119. The van der Waals surface area contributed by atoms with Gasteiger partial charge in [0.15, 0.2) is 0 Å². The van der Waals surface area contributed by atoms with E-state index in [1.165, 1.54) is 6.20 Å². The monoisotopic (exact) mass is 254 g/mol. The van der Waals surface area contributed by atoms with E-state index in [1.54, 1.807) is 36.4 Å². The average Bonchev–Trinajstić information content (AvgIpc) is 2.41. The van der Waals surface area contributed by atoms with Crippen LogP contribution in [0, 0.1) is 11.3 Å². The van der Waals surface area contributed by atoms with Crippen LogP contribution in [0.5, 0.6) is 11.6 Å². The summed E-state index contributed by atoms with van der Waals surface area (Å²) in [6.07, 6.45) is 1.28. The highest BCUT2D eigenvalue weighted by molar-refractivity contribution is 5.71. The highest BCUT2D eigenvalue weighted by atomic mass is 16.5. The fourth-order valence-corrected chi connectivity index (χ4v) is 1.53. The van der Waals surface area contributed by atoms with Gasteiger partial charge in [-0.1, -0.05) is 18.2 Å². The number of rotatable bonds is 4. The number of carboxylic acid groups (broad SMARTS) is 1. The first kappa shape index (κ1) is 12.6. The predicted octanol–water partition coefficient (Wildman–Crippen LogP) is 2.37. The van der Waals surface area contributed by atoms with Gasteiger partial charge in [-0.15, -0.1) is 0 Å². The zero-order valence-corrected chi connectivity index (χ0v) is 9.91. The third-order valence-corrected chi connectivity index (χ3v) is 2.39. The minimum Gasteiger partial charge on any atom is -0.481 e. The zero-order chi connectivity index (χ0) is 13.7. The summed E-state index contributed by atoms with van der Waals surface area (Å²) < 4.78 is 5.53. The number of aliphatic carboxylic acids is 1. The zero-order valence-electron chi connectivity index (χ0n) is 9.91. The maximum atomic E-state index is 10.7. The molecule has 1 aromatic carbocycles. The molecule has 0 fully saturated rings. The molecule has 2 aromatic rings. The van der Waals surface area contributed by atoms with Gasteiger partial charge < -0.3 is 9.84 Å². The average molecular weight is 254 g/mol. The van der Waals surface area contributed by atoms with Crippen molar-refractivity contribution in [1.82, 2.24) is 4.98 Å². The second kappa shape index (κ2) is 5.65. The first-order chi connectivity index (χ1) is 9.19.